The largest absolute Gasteiger partial charge is 0.493 e. The molecule has 9 nitrogen and oxygen atoms in total. The Labute approximate surface area is 276 Å². The standard InChI is InChI=1S/C38H42N4O5/c1-41-30-16-10-9-15-29(30)40-36(41)24-39-38(43)37(26-12-7-6-8-13-26)42-19-11-14-27-22-34(46-4)35(47-5)23-28(27)31(42)20-25-17-18-32(44-2)33(21-25)45-3/h6-10,12-13,15-18,21-23,31,37H,11,14,19-20,24H2,1-5H3,(H,39,43). The molecule has 2 unspecified atom stereocenters. The number of nitrogens with one attached hydrogen (secondary N) is 1. The van der Waals surface area contributed by atoms with Crippen LogP contribution >= 0.6 is 0 Å². The van der Waals surface area contributed by atoms with Crippen molar-refractivity contribution in [3.05, 3.63) is 113 Å². The molecule has 0 aliphatic carbocycles. The molecule has 47 heavy (non-hydrogen) atoms. The van der Waals surface area contributed by atoms with E-state index in [1.807, 2.05) is 78.3 Å². The van der Waals surface area contributed by atoms with Crippen molar-refractivity contribution in [3.63, 3.8) is 0 Å². The SMILES string of the molecule is COc1ccc(CC2c3cc(OC)c(OC)cc3CCCN2C(C(=O)NCc2nc3ccccc3n2C)c2ccccc2)cc1OC. The maximum Gasteiger partial charge on any atom is 0.242 e. The number of imidazole rings is 1. The third-order valence-corrected chi connectivity index (χ3v) is 9.14. The van der Waals surface area contributed by atoms with E-state index in [1.54, 1.807) is 28.4 Å². The molecule has 0 saturated heterocycles. The number of para-hydroxylation sites is 2. The average Bonchev–Trinajstić information content (AvgIpc) is 3.34. The van der Waals surface area contributed by atoms with Gasteiger partial charge in [0.1, 0.15) is 11.9 Å². The van der Waals surface area contributed by atoms with Gasteiger partial charge in [-0.3, -0.25) is 9.69 Å². The zero-order valence-corrected chi connectivity index (χ0v) is 27.7. The van der Waals surface area contributed by atoms with Gasteiger partial charge in [0.15, 0.2) is 23.0 Å². The predicted octanol–water partition coefficient (Wildman–Crippen LogP) is 6.20. The second-order valence-electron chi connectivity index (χ2n) is 11.8. The Bertz CT molecular complexity index is 1850. The second kappa shape index (κ2) is 14.2. The number of fused-ring (bicyclic) bond motifs is 2. The number of carbonyl (C=O) groups is 1. The fourth-order valence-corrected chi connectivity index (χ4v) is 6.76. The van der Waals surface area contributed by atoms with Crippen LogP contribution in [-0.2, 0) is 31.2 Å². The Morgan fingerprint density at radius 3 is 2.26 bits per heavy atom. The van der Waals surface area contributed by atoms with Gasteiger partial charge in [-0.15, -0.1) is 0 Å². The lowest BCUT2D eigenvalue weighted by atomic mass is 9.91. The van der Waals surface area contributed by atoms with Crippen molar-refractivity contribution in [2.45, 2.75) is 37.9 Å². The number of benzene rings is 4. The third kappa shape index (κ3) is 6.49. The summed E-state index contributed by atoms with van der Waals surface area (Å²) < 4.78 is 24.7. The summed E-state index contributed by atoms with van der Waals surface area (Å²) >= 11 is 0. The lowest BCUT2D eigenvalue weighted by molar-refractivity contribution is -0.128. The van der Waals surface area contributed by atoms with Gasteiger partial charge >= 0.3 is 0 Å². The molecular formula is C38H42N4O5. The molecule has 1 amide bonds. The fourth-order valence-electron chi connectivity index (χ4n) is 6.76. The number of amides is 1. The molecule has 244 valence electrons. The average molecular weight is 635 g/mol. The molecule has 0 saturated carbocycles. The first-order valence-electron chi connectivity index (χ1n) is 15.9. The second-order valence-corrected chi connectivity index (χ2v) is 11.8. The minimum Gasteiger partial charge on any atom is -0.493 e. The Kier molecular flexibility index (Phi) is 9.63. The molecule has 0 fully saturated rings. The number of rotatable bonds is 11. The fraction of sp³-hybridized carbons (Fsp3) is 0.316. The summed E-state index contributed by atoms with van der Waals surface area (Å²) in [6, 6.07) is 27.5. The highest BCUT2D eigenvalue weighted by Gasteiger charge is 2.37. The van der Waals surface area contributed by atoms with E-state index >= 15 is 0 Å². The minimum absolute atomic E-state index is 0.0792. The molecule has 2 atom stereocenters. The highest BCUT2D eigenvalue weighted by molar-refractivity contribution is 5.83. The van der Waals surface area contributed by atoms with Crippen LogP contribution in [0.15, 0.2) is 84.9 Å². The lowest BCUT2D eigenvalue weighted by Gasteiger charge is -2.37. The first-order valence-corrected chi connectivity index (χ1v) is 15.9. The van der Waals surface area contributed by atoms with Gasteiger partial charge in [-0.2, -0.15) is 0 Å². The summed E-state index contributed by atoms with van der Waals surface area (Å²) in [7, 11) is 8.58. The smallest absolute Gasteiger partial charge is 0.242 e. The molecule has 2 heterocycles. The normalized spacial score (nSPS) is 15.4. The molecule has 1 aliphatic heterocycles. The number of aromatic nitrogens is 2. The summed E-state index contributed by atoms with van der Waals surface area (Å²) in [5.74, 6) is 3.41. The van der Waals surface area contributed by atoms with Crippen molar-refractivity contribution >= 4 is 16.9 Å². The molecule has 9 heteroatoms. The van der Waals surface area contributed by atoms with Gasteiger partial charge in [-0.1, -0.05) is 48.5 Å². The number of aryl methyl sites for hydroxylation is 2. The van der Waals surface area contributed by atoms with Gasteiger partial charge in [-0.25, -0.2) is 4.98 Å². The maximum absolute atomic E-state index is 14.5. The zero-order valence-electron chi connectivity index (χ0n) is 27.7. The molecule has 0 radical (unpaired) electrons. The molecule has 1 aromatic heterocycles. The molecule has 0 bridgehead atoms. The van der Waals surface area contributed by atoms with E-state index in [0.29, 0.717) is 42.5 Å². The summed E-state index contributed by atoms with van der Waals surface area (Å²) in [5.41, 5.74) is 6.21. The molecule has 0 spiro atoms. The number of hydrogen-bond donors (Lipinski definition) is 1. The van der Waals surface area contributed by atoms with Gasteiger partial charge in [0.05, 0.1) is 46.0 Å². The van der Waals surface area contributed by atoms with Gasteiger partial charge in [-0.05, 0) is 77.9 Å². The summed E-state index contributed by atoms with van der Waals surface area (Å²) in [5, 5.41) is 3.25. The van der Waals surface area contributed by atoms with Gasteiger partial charge in [0.2, 0.25) is 5.91 Å². The van der Waals surface area contributed by atoms with E-state index in [-0.39, 0.29) is 11.9 Å². The molecule has 1 aliphatic rings. The summed E-state index contributed by atoms with van der Waals surface area (Å²) in [4.78, 5) is 21.6. The topological polar surface area (TPSA) is 87.1 Å². The van der Waals surface area contributed by atoms with Crippen molar-refractivity contribution in [3.8, 4) is 23.0 Å². The highest BCUT2D eigenvalue weighted by atomic mass is 16.5. The van der Waals surface area contributed by atoms with Crippen molar-refractivity contribution < 1.29 is 23.7 Å². The predicted molar refractivity (Wildman–Crippen MR) is 182 cm³/mol. The van der Waals surface area contributed by atoms with Gasteiger partial charge < -0.3 is 28.8 Å². The van der Waals surface area contributed by atoms with E-state index in [9.17, 15) is 4.79 Å². The monoisotopic (exact) mass is 634 g/mol. The molecule has 6 rings (SSSR count). The van der Waals surface area contributed by atoms with E-state index in [0.717, 1.165) is 46.4 Å². The van der Waals surface area contributed by atoms with E-state index in [4.69, 9.17) is 23.9 Å². The molecule has 5 aromatic rings. The van der Waals surface area contributed by atoms with Crippen LogP contribution in [-0.4, -0.2) is 55.3 Å². The Morgan fingerprint density at radius 2 is 1.53 bits per heavy atom. The van der Waals surface area contributed by atoms with Crippen LogP contribution in [0.2, 0.25) is 0 Å². The number of nitrogens with zero attached hydrogens (tertiary/aromatic N) is 3. The van der Waals surface area contributed by atoms with Crippen LogP contribution in [0.5, 0.6) is 23.0 Å². The van der Waals surface area contributed by atoms with Crippen molar-refractivity contribution in [2.24, 2.45) is 7.05 Å². The van der Waals surface area contributed by atoms with Crippen molar-refractivity contribution in [1.29, 1.82) is 0 Å². The highest BCUT2D eigenvalue weighted by Crippen LogP contribution is 2.43. The Morgan fingerprint density at radius 1 is 0.851 bits per heavy atom. The van der Waals surface area contributed by atoms with E-state index in [2.05, 4.69) is 28.4 Å². The number of methoxy groups -OCH3 is 4. The maximum atomic E-state index is 14.5. The Hall–Kier alpha value is -5.02. The number of carbonyl (C=O) groups excluding carboxylic acids is 1. The third-order valence-electron chi connectivity index (χ3n) is 9.14. The summed E-state index contributed by atoms with van der Waals surface area (Å²) in [6.45, 7) is 1.01. The molecule has 1 N–H and O–H groups in total. The lowest BCUT2D eigenvalue weighted by Crippen LogP contribution is -2.43. The van der Waals surface area contributed by atoms with Crippen LogP contribution in [0, 0.1) is 0 Å². The van der Waals surface area contributed by atoms with Crippen LogP contribution < -0.4 is 24.3 Å². The minimum atomic E-state index is -0.560. The van der Waals surface area contributed by atoms with Crippen molar-refractivity contribution in [1.82, 2.24) is 19.8 Å². The van der Waals surface area contributed by atoms with E-state index < -0.39 is 6.04 Å². The van der Waals surface area contributed by atoms with Gasteiger partial charge in [0, 0.05) is 19.6 Å². The zero-order chi connectivity index (χ0) is 32.9. The molecule has 4 aromatic carbocycles. The van der Waals surface area contributed by atoms with Crippen LogP contribution in [0.25, 0.3) is 11.0 Å². The van der Waals surface area contributed by atoms with Gasteiger partial charge in [0.25, 0.3) is 0 Å². The van der Waals surface area contributed by atoms with Crippen LogP contribution in [0.3, 0.4) is 0 Å². The Balaban J connectivity index is 1.42. The van der Waals surface area contributed by atoms with Crippen LogP contribution in [0.1, 0.15) is 46.6 Å². The number of hydrogen-bond acceptors (Lipinski definition) is 7. The van der Waals surface area contributed by atoms with E-state index in [1.165, 1.54) is 5.56 Å². The van der Waals surface area contributed by atoms with Crippen molar-refractivity contribution in [2.75, 3.05) is 35.0 Å². The first kappa shape index (κ1) is 31.9. The first-order chi connectivity index (χ1) is 22.9. The molecular weight excluding hydrogens is 592 g/mol. The van der Waals surface area contributed by atoms with Crippen LogP contribution in [0.4, 0.5) is 0 Å². The number of ether oxygens (including phenoxy) is 4. The summed E-state index contributed by atoms with van der Waals surface area (Å²) in [6.07, 6.45) is 2.34. The quantitative estimate of drug-likeness (QED) is 0.185.